The van der Waals surface area contributed by atoms with Crippen LogP contribution >= 0.6 is 0 Å². The predicted octanol–water partition coefficient (Wildman–Crippen LogP) is 1.73. The highest BCUT2D eigenvalue weighted by Crippen LogP contribution is 2.21. The number of hydrogen-bond acceptors (Lipinski definition) is 3. The normalized spacial score (nSPS) is 16.4. The van der Waals surface area contributed by atoms with E-state index in [9.17, 15) is 5.11 Å². The largest absolute Gasteiger partial charge is 0.392 e. The van der Waals surface area contributed by atoms with Gasteiger partial charge < -0.3 is 10.0 Å². The van der Waals surface area contributed by atoms with Crippen LogP contribution in [-0.2, 0) is 6.61 Å². The first-order chi connectivity index (χ1) is 7.31. The van der Waals surface area contributed by atoms with Crippen LogP contribution < -0.4 is 4.90 Å². The second kappa shape index (κ2) is 4.45. The molecule has 1 aromatic heterocycles. The molecule has 1 N–H and O–H groups in total. The maximum Gasteiger partial charge on any atom is 0.134 e. The number of nitrogens with zero attached hydrogens (tertiary/aromatic N) is 2. The van der Waals surface area contributed by atoms with Gasteiger partial charge in [-0.25, -0.2) is 4.98 Å². The topological polar surface area (TPSA) is 36.4 Å². The highest BCUT2D eigenvalue weighted by atomic mass is 16.3. The minimum absolute atomic E-state index is 0.0580. The van der Waals surface area contributed by atoms with Crippen molar-refractivity contribution in [3.63, 3.8) is 0 Å². The fourth-order valence-corrected chi connectivity index (χ4v) is 1.93. The molecule has 2 heterocycles. The molecule has 0 bridgehead atoms. The molecular weight excluding hydrogens is 188 g/mol. The third-order valence-electron chi connectivity index (χ3n) is 2.67. The van der Waals surface area contributed by atoms with Crippen molar-refractivity contribution < 1.29 is 5.11 Å². The highest BCUT2D eigenvalue weighted by molar-refractivity contribution is 5.48. The van der Waals surface area contributed by atoms with Gasteiger partial charge in [-0.05, 0) is 19.4 Å². The van der Waals surface area contributed by atoms with Crippen molar-refractivity contribution in [1.82, 2.24) is 4.98 Å². The molecule has 0 atom stereocenters. The molecule has 0 spiro atoms. The fraction of sp³-hybridized carbons (Fsp3) is 0.417. The second-order valence-electron chi connectivity index (χ2n) is 3.90. The molecule has 80 valence electrons. The Kier molecular flexibility index (Phi) is 3.02. The highest BCUT2D eigenvalue weighted by Gasteiger charge is 2.14. The van der Waals surface area contributed by atoms with Gasteiger partial charge in [0.2, 0.25) is 0 Å². The molecule has 3 heteroatoms. The van der Waals surface area contributed by atoms with Crippen LogP contribution in [0.2, 0.25) is 0 Å². The van der Waals surface area contributed by atoms with E-state index in [1.54, 1.807) is 6.20 Å². The number of aliphatic hydroxyl groups is 1. The molecule has 3 nitrogen and oxygen atoms in total. The first kappa shape index (κ1) is 10.2. The van der Waals surface area contributed by atoms with Crippen LogP contribution in [0.1, 0.15) is 18.9 Å². The Labute approximate surface area is 90.1 Å². The molecule has 0 radical (unpaired) electrons. The summed E-state index contributed by atoms with van der Waals surface area (Å²) in [5.41, 5.74) is 2.28. The Bertz CT molecular complexity index is 374. The van der Waals surface area contributed by atoms with Crippen LogP contribution in [0.3, 0.4) is 0 Å². The number of hydrogen-bond donors (Lipinski definition) is 1. The van der Waals surface area contributed by atoms with E-state index >= 15 is 0 Å². The number of aromatic nitrogens is 1. The molecule has 1 aromatic rings. The van der Waals surface area contributed by atoms with Crippen LogP contribution in [0.15, 0.2) is 30.0 Å². The lowest BCUT2D eigenvalue weighted by molar-refractivity contribution is 0.281. The zero-order valence-corrected chi connectivity index (χ0v) is 8.98. The van der Waals surface area contributed by atoms with Crippen molar-refractivity contribution in [2.75, 3.05) is 18.0 Å². The number of anilines is 1. The lowest BCUT2D eigenvalue weighted by Gasteiger charge is -2.28. The van der Waals surface area contributed by atoms with Crippen LogP contribution in [0.25, 0.3) is 0 Å². The van der Waals surface area contributed by atoms with Crippen molar-refractivity contribution in [2.24, 2.45) is 0 Å². The lowest BCUT2D eigenvalue weighted by atomic mass is 10.1. The molecule has 15 heavy (non-hydrogen) atoms. The SMILES string of the molecule is CC1=CCCN(c2ncccc2CO)C1. The van der Waals surface area contributed by atoms with Gasteiger partial charge in [-0.2, -0.15) is 0 Å². The number of rotatable bonds is 2. The molecular formula is C12H16N2O. The van der Waals surface area contributed by atoms with Gasteiger partial charge in [0.1, 0.15) is 5.82 Å². The smallest absolute Gasteiger partial charge is 0.134 e. The first-order valence-corrected chi connectivity index (χ1v) is 5.26. The molecule has 0 saturated carbocycles. The summed E-state index contributed by atoms with van der Waals surface area (Å²) < 4.78 is 0. The van der Waals surface area contributed by atoms with E-state index < -0.39 is 0 Å². The molecule has 0 aromatic carbocycles. The minimum atomic E-state index is 0.0580. The Hall–Kier alpha value is -1.35. The van der Waals surface area contributed by atoms with Crippen molar-refractivity contribution in [3.05, 3.63) is 35.5 Å². The average molecular weight is 204 g/mol. The zero-order chi connectivity index (χ0) is 10.7. The summed E-state index contributed by atoms with van der Waals surface area (Å²) in [6.45, 7) is 4.10. The standard InChI is InChI=1S/C12H16N2O/c1-10-4-3-7-14(8-10)12-11(9-15)5-2-6-13-12/h2,4-6,15H,3,7-9H2,1H3. The first-order valence-electron chi connectivity index (χ1n) is 5.26. The van der Waals surface area contributed by atoms with Crippen molar-refractivity contribution in [3.8, 4) is 0 Å². The Morgan fingerprint density at radius 1 is 1.53 bits per heavy atom. The van der Waals surface area contributed by atoms with E-state index in [2.05, 4.69) is 22.9 Å². The summed E-state index contributed by atoms with van der Waals surface area (Å²) in [5.74, 6) is 0.924. The summed E-state index contributed by atoms with van der Waals surface area (Å²) in [4.78, 5) is 6.57. The molecule has 2 rings (SSSR count). The molecule has 1 aliphatic rings. The second-order valence-corrected chi connectivity index (χ2v) is 3.90. The molecule has 0 aliphatic carbocycles. The van der Waals surface area contributed by atoms with Gasteiger partial charge in [0.25, 0.3) is 0 Å². The quantitative estimate of drug-likeness (QED) is 0.745. The van der Waals surface area contributed by atoms with Crippen molar-refractivity contribution >= 4 is 5.82 Å². The van der Waals surface area contributed by atoms with E-state index in [4.69, 9.17) is 0 Å². The van der Waals surface area contributed by atoms with Gasteiger partial charge in [0.05, 0.1) is 6.61 Å². The van der Waals surface area contributed by atoms with E-state index in [1.807, 2.05) is 12.1 Å². The maximum absolute atomic E-state index is 9.23. The Morgan fingerprint density at radius 2 is 2.40 bits per heavy atom. The predicted molar refractivity (Wildman–Crippen MR) is 60.7 cm³/mol. The Morgan fingerprint density at radius 3 is 3.13 bits per heavy atom. The fourth-order valence-electron chi connectivity index (χ4n) is 1.93. The van der Waals surface area contributed by atoms with Crippen LogP contribution in [-0.4, -0.2) is 23.2 Å². The number of aliphatic hydroxyl groups excluding tert-OH is 1. The number of pyridine rings is 1. The van der Waals surface area contributed by atoms with Gasteiger partial charge in [-0.15, -0.1) is 0 Å². The maximum atomic E-state index is 9.23. The molecule has 0 saturated heterocycles. The third kappa shape index (κ3) is 2.18. The summed E-state index contributed by atoms with van der Waals surface area (Å²) in [7, 11) is 0. The monoisotopic (exact) mass is 204 g/mol. The van der Waals surface area contributed by atoms with E-state index in [0.29, 0.717) is 0 Å². The lowest BCUT2D eigenvalue weighted by Crippen LogP contribution is -2.30. The summed E-state index contributed by atoms with van der Waals surface area (Å²) in [6, 6.07) is 3.79. The van der Waals surface area contributed by atoms with Crippen molar-refractivity contribution in [1.29, 1.82) is 0 Å². The minimum Gasteiger partial charge on any atom is -0.392 e. The zero-order valence-electron chi connectivity index (χ0n) is 8.98. The van der Waals surface area contributed by atoms with Gasteiger partial charge in [-0.1, -0.05) is 17.7 Å². The average Bonchev–Trinajstić information content (AvgIpc) is 2.29. The third-order valence-corrected chi connectivity index (χ3v) is 2.67. The van der Waals surface area contributed by atoms with Gasteiger partial charge in [0, 0.05) is 24.8 Å². The van der Waals surface area contributed by atoms with Gasteiger partial charge in [0.15, 0.2) is 0 Å². The van der Waals surface area contributed by atoms with Crippen LogP contribution in [0.4, 0.5) is 5.82 Å². The molecule has 1 aliphatic heterocycles. The van der Waals surface area contributed by atoms with Crippen molar-refractivity contribution in [2.45, 2.75) is 20.0 Å². The van der Waals surface area contributed by atoms with E-state index in [0.717, 1.165) is 30.9 Å². The van der Waals surface area contributed by atoms with Crippen LogP contribution in [0.5, 0.6) is 0 Å². The van der Waals surface area contributed by atoms with E-state index in [1.165, 1.54) is 5.57 Å². The summed E-state index contributed by atoms with van der Waals surface area (Å²) in [6.07, 6.45) is 5.10. The van der Waals surface area contributed by atoms with Crippen LogP contribution in [0, 0.1) is 0 Å². The van der Waals surface area contributed by atoms with Gasteiger partial charge >= 0.3 is 0 Å². The summed E-state index contributed by atoms with van der Waals surface area (Å²) in [5, 5.41) is 9.23. The van der Waals surface area contributed by atoms with Gasteiger partial charge in [-0.3, -0.25) is 0 Å². The molecule has 0 fully saturated rings. The molecule has 0 amide bonds. The Balaban J connectivity index is 2.25. The molecule has 0 unspecified atom stereocenters. The van der Waals surface area contributed by atoms with E-state index in [-0.39, 0.29) is 6.61 Å². The summed E-state index contributed by atoms with van der Waals surface area (Å²) >= 11 is 0.